The predicted molar refractivity (Wildman–Crippen MR) is 48.6 cm³/mol. The second-order valence-electron chi connectivity index (χ2n) is 2.75. The van der Waals surface area contributed by atoms with Crippen molar-refractivity contribution in [1.82, 2.24) is 0 Å². The first-order chi connectivity index (χ1) is 6.15. The number of nitrogens with two attached hydrogens (primary N) is 1. The lowest BCUT2D eigenvalue weighted by Crippen LogP contribution is -2.12. The van der Waals surface area contributed by atoms with Gasteiger partial charge >= 0.3 is 0 Å². The van der Waals surface area contributed by atoms with E-state index in [1.165, 1.54) is 12.1 Å². The molecule has 0 fully saturated rings. The minimum atomic E-state index is -0.613. The van der Waals surface area contributed by atoms with E-state index in [1.807, 2.05) is 0 Å². The van der Waals surface area contributed by atoms with E-state index < -0.39 is 17.7 Å². The number of rotatable bonds is 3. The zero-order chi connectivity index (χ0) is 9.84. The minimum absolute atomic E-state index is 0.307. The summed E-state index contributed by atoms with van der Waals surface area (Å²) < 4.78 is 25.6. The van der Waals surface area contributed by atoms with Crippen LogP contribution in [0.5, 0.6) is 0 Å². The van der Waals surface area contributed by atoms with Crippen LogP contribution in [0, 0.1) is 11.6 Å². The summed E-state index contributed by atoms with van der Waals surface area (Å²) >= 11 is 5.45. The molecule has 0 heterocycles. The maximum atomic E-state index is 13.1. The van der Waals surface area contributed by atoms with Crippen LogP contribution < -0.4 is 5.73 Å². The highest BCUT2D eigenvalue weighted by Gasteiger charge is 2.10. The van der Waals surface area contributed by atoms with Crippen molar-refractivity contribution < 1.29 is 8.78 Å². The van der Waals surface area contributed by atoms with Crippen LogP contribution in [0.4, 0.5) is 8.78 Å². The van der Waals surface area contributed by atoms with Gasteiger partial charge in [0.2, 0.25) is 0 Å². The summed E-state index contributed by atoms with van der Waals surface area (Å²) in [5, 5.41) is 0. The fourth-order valence-corrected chi connectivity index (χ4v) is 1.31. The van der Waals surface area contributed by atoms with Crippen molar-refractivity contribution in [2.75, 3.05) is 5.88 Å². The summed E-state index contributed by atoms with van der Waals surface area (Å²) in [6.45, 7) is 0. The van der Waals surface area contributed by atoms with Crippen LogP contribution in [0.25, 0.3) is 0 Å². The molecule has 0 saturated heterocycles. The molecule has 4 heteroatoms. The zero-order valence-corrected chi connectivity index (χ0v) is 7.69. The summed E-state index contributed by atoms with van der Waals surface area (Å²) in [7, 11) is 0. The van der Waals surface area contributed by atoms with Gasteiger partial charge in [0.1, 0.15) is 11.6 Å². The molecule has 0 aromatic heterocycles. The molecule has 13 heavy (non-hydrogen) atoms. The molecule has 0 spiro atoms. The van der Waals surface area contributed by atoms with E-state index in [0.717, 1.165) is 6.07 Å². The molecule has 1 nitrogen and oxygen atoms in total. The first-order valence-electron chi connectivity index (χ1n) is 3.91. The van der Waals surface area contributed by atoms with Gasteiger partial charge in [-0.1, -0.05) is 6.07 Å². The van der Waals surface area contributed by atoms with Gasteiger partial charge in [0.15, 0.2) is 0 Å². The molecule has 1 unspecified atom stereocenters. The maximum Gasteiger partial charge on any atom is 0.130 e. The van der Waals surface area contributed by atoms with Crippen molar-refractivity contribution in [3.05, 3.63) is 35.4 Å². The standard InChI is InChI=1S/C9H10ClF2N/c10-4-3-9(13)7-2-1-6(11)5-8(7)12/h1-2,5,9H,3-4,13H2. The summed E-state index contributed by atoms with van der Waals surface area (Å²) in [6.07, 6.45) is 0.476. The first-order valence-corrected chi connectivity index (χ1v) is 4.45. The lowest BCUT2D eigenvalue weighted by atomic mass is 10.1. The van der Waals surface area contributed by atoms with Gasteiger partial charge in [-0.2, -0.15) is 0 Å². The average Bonchev–Trinajstić information content (AvgIpc) is 2.04. The van der Waals surface area contributed by atoms with E-state index in [9.17, 15) is 8.78 Å². The number of hydrogen-bond donors (Lipinski definition) is 1. The van der Waals surface area contributed by atoms with Crippen LogP contribution >= 0.6 is 11.6 Å². The number of benzene rings is 1. The van der Waals surface area contributed by atoms with Crippen LogP contribution in [-0.4, -0.2) is 5.88 Å². The van der Waals surface area contributed by atoms with Crippen molar-refractivity contribution >= 4 is 11.6 Å². The fraction of sp³-hybridized carbons (Fsp3) is 0.333. The Morgan fingerprint density at radius 3 is 2.62 bits per heavy atom. The third-order valence-corrected chi connectivity index (χ3v) is 2.00. The smallest absolute Gasteiger partial charge is 0.130 e. The number of alkyl halides is 1. The molecule has 0 amide bonds. The first kappa shape index (κ1) is 10.4. The molecule has 0 aliphatic carbocycles. The Morgan fingerprint density at radius 1 is 1.38 bits per heavy atom. The Morgan fingerprint density at radius 2 is 2.08 bits per heavy atom. The van der Waals surface area contributed by atoms with Crippen LogP contribution in [0.2, 0.25) is 0 Å². The highest BCUT2D eigenvalue weighted by Crippen LogP contribution is 2.18. The highest BCUT2D eigenvalue weighted by atomic mass is 35.5. The normalized spacial score (nSPS) is 12.9. The van der Waals surface area contributed by atoms with Gasteiger partial charge in [-0.05, 0) is 12.5 Å². The second kappa shape index (κ2) is 4.53. The van der Waals surface area contributed by atoms with Crippen molar-refractivity contribution in [3.8, 4) is 0 Å². The third kappa shape index (κ3) is 2.64. The molecular formula is C9H10ClF2N. The summed E-state index contributed by atoms with van der Waals surface area (Å²) in [5.74, 6) is -0.852. The largest absolute Gasteiger partial charge is 0.324 e. The van der Waals surface area contributed by atoms with E-state index in [4.69, 9.17) is 17.3 Å². The lowest BCUT2D eigenvalue weighted by Gasteiger charge is -2.10. The van der Waals surface area contributed by atoms with E-state index in [2.05, 4.69) is 0 Å². The number of halogens is 3. The van der Waals surface area contributed by atoms with Crippen molar-refractivity contribution in [2.45, 2.75) is 12.5 Å². The lowest BCUT2D eigenvalue weighted by molar-refractivity contribution is 0.551. The minimum Gasteiger partial charge on any atom is -0.324 e. The van der Waals surface area contributed by atoms with Gasteiger partial charge in [0.25, 0.3) is 0 Å². The van der Waals surface area contributed by atoms with Crippen molar-refractivity contribution in [3.63, 3.8) is 0 Å². The molecule has 0 aliphatic heterocycles. The molecule has 1 atom stereocenters. The van der Waals surface area contributed by atoms with Crippen LogP contribution in [0.1, 0.15) is 18.0 Å². The third-order valence-electron chi connectivity index (χ3n) is 1.78. The van der Waals surface area contributed by atoms with Crippen LogP contribution in [0.3, 0.4) is 0 Å². The Labute approximate surface area is 80.5 Å². The van der Waals surface area contributed by atoms with E-state index in [0.29, 0.717) is 17.9 Å². The van der Waals surface area contributed by atoms with E-state index in [-0.39, 0.29) is 0 Å². The van der Waals surface area contributed by atoms with Gasteiger partial charge in [0, 0.05) is 23.6 Å². The predicted octanol–water partition coefficient (Wildman–Crippen LogP) is 2.59. The van der Waals surface area contributed by atoms with Crippen LogP contribution in [0.15, 0.2) is 18.2 Å². The monoisotopic (exact) mass is 205 g/mol. The van der Waals surface area contributed by atoms with Crippen LogP contribution in [-0.2, 0) is 0 Å². The van der Waals surface area contributed by atoms with Crippen molar-refractivity contribution in [2.24, 2.45) is 5.73 Å². The summed E-state index contributed by atoms with van der Waals surface area (Å²) in [6, 6.07) is 2.90. The average molecular weight is 206 g/mol. The maximum absolute atomic E-state index is 13.1. The molecule has 0 saturated carbocycles. The quantitative estimate of drug-likeness (QED) is 0.755. The van der Waals surface area contributed by atoms with E-state index >= 15 is 0 Å². The molecule has 1 rings (SSSR count). The molecule has 1 aromatic carbocycles. The molecule has 1 aromatic rings. The Hall–Kier alpha value is -0.670. The highest BCUT2D eigenvalue weighted by molar-refractivity contribution is 6.17. The van der Waals surface area contributed by atoms with Gasteiger partial charge in [-0.25, -0.2) is 8.78 Å². The molecule has 0 aliphatic rings. The molecule has 72 valence electrons. The molecule has 2 N–H and O–H groups in total. The summed E-state index contributed by atoms with van der Waals surface area (Å²) in [4.78, 5) is 0. The van der Waals surface area contributed by atoms with Gasteiger partial charge in [0.05, 0.1) is 0 Å². The Balaban J connectivity index is 2.88. The topological polar surface area (TPSA) is 26.0 Å². The summed E-state index contributed by atoms with van der Waals surface area (Å²) in [5.41, 5.74) is 5.92. The zero-order valence-electron chi connectivity index (χ0n) is 6.93. The Kier molecular flexibility index (Phi) is 3.63. The molecule has 0 radical (unpaired) electrons. The van der Waals surface area contributed by atoms with Crippen molar-refractivity contribution in [1.29, 1.82) is 0 Å². The fourth-order valence-electron chi connectivity index (χ4n) is 1.08. The van der Waals surface area contributed by atoms with E-state index in [1.54, 1.807) is 0 Å². The Bertz CT molecular complexity index is 291. The SMILES string of the molecule is NC(CCCl)c1ccc(F)cc1F. The number of hydrogen-bond acceptors (Lipinski definition) is 1. The van der Waals surface area contributed by atoms with Gasteiger partial charge in [-0.15, -0.1) is 11.6 Å². The molecular weight excluding hydrogens is 196 g/mol. The second-order valence-corrected chi connectivity index (χ2v) is 3.13. The van der Waals surface area contributed by atoms with Gasteiger partial charge < -0.3 is 5.73 Å². The van der Waals surface area contributed by atoms with Gasteiger partial charge in [-0.3, -0.25) is 0 Å². The molecule has 0 bridgehead atoms.